The van der Waals surface area contributed by atoms with Crippen LogP contribution in [0.15, 0.2) is 0 Å². The molecule has 2 rings (SSSR count). The van der Waals surface area contributed by atoms with Crippen LogP contribution >= 0.6 is 0 Å². The second kappa shape index (κ2) is 3.64. The van der Waals surface area contributed by atoms with E-state index in [1.807, 2.05) is 4.90 Å². The normalized spacial score (nSPS) is 29.0. The SMILES string of the molecule is O=C(C1CNC1)N1CCC[C@@H]1CO. The Balaban J connectivity index is 1.94. The lowest BCUT2D eigenvalue weighted by atomic mass is 10.0. The van der Waals surface area contributed by atoms with Crippen molar-refractivity contribution in [2.45, 2.75) is 18.9 Å². The summed E-state index contributed by atoms with van der Waals surface area (Å²) in [5.41, 5.74) is 0. The molecular formula is C9H16N2O2. The lowest BCUT2D eigenvalue weighted by molar-refractivity contribution is -0.138. The van der Waals surface area contributed by atoms with E-state index in [1.165, 1.54) is 0 Å². The number of nitrogens with zero attached hydrogens (tertiary/aromatic N) is 1. The van der Waals surface area contributed by atoms with Crippen LogP contribution < -0.4 is 5.32 Å². The van der Waals surface area contributed by atoms with Crippen molar-refractivity contribution in [2.75, 3.05) is 26.2 Å². The zero-order chi connectivity index (χ0) is 9.26. The molecule has 2 heterocycles. The number of rotatable bonds is 2. The summed E-state index contributed by atoms with van der Waals surface area (Å²) in [5.74, 6) is 0.405. The third kappa shape index (κ3) is 1.56. The first kappa shape index (κ1) is 8.97. The summed E-state index contributed by atoms with van der Waals surface area (Å²) in [6.07, 6.45) is 2.00. The molecule has 74 valence electrons. The molecule has 0 radical (unpaired) electrons. The van der Waals surface area contributed by atoms with Crippen LogP contribution in [0.1, 0.15) is 12.8 Å². The summed E-state index contributed by atoms with van der Waals surface area (Å²) >= 11 is 0. The van der Waals surface area contributed by atoms with Gasteiger partial charge in [-0.25, -0.2) is 0 Å². The standard InChI is InChI=1S/C9H16N2O2/c12-6-8-2-1-3-11(8)9(13)7-4-10-5-7/h7-8,10,12H,1-6H2/t8-/m1/s1. The lowest BCUT2D eigenvalue weighted by Gasteiger charge is -2.32. The molecule has 2 aliphatic rings. The molecule has 0 bridgehead atoms. The van der Waals surface area contributed by atoms with E-state index in [-0.39, 0.29) is 24.5 Å². The Labute approximate surface area is 77.9 Å². The molecule has 0 aromatic rings. The van der Waals surface area contributed by atoms with Crippen LogP contribution in [0.5, 0.6) is 0 Å². The van der Waals surface area contributed by atoms with Gasteiger partial charge in [0.25, 0.3) is 0 Å². The van der Waals surface area contributed by atoms with Gasteiger partial charge in [-0.3, -0.25) is 4.79 Å². The average Bonchev–Trinajstić information content (AvgIpc) is 2.47. The molecule has 0 unspecified atom stereocenters. The predicted octanol–water partition coefficient (Wildman–Crippen LogP) is -0.811. The zero-order valence-corrected chi connectivity index (χ0v) is 7.70. The maximum Gasteiger partial charge on any atom is 0.228 e. The van der Waals surface area contributed by atoms with Crippen LogP contribution in [0.2, 0.25) is 0 Å². The number of carbonyl (C=O) groups excluding carboxylic acids is 1. The molecular weight excluding hydrogens is 168 g/mol. The van der Waals surface area contributed by atoms with Crippen molar-refractivity contribution in [3.8, 4) is 0 Å². The first-order valence-corrected chi connectivity index (χ1v) is 4.95. The highest BCUT2D eigenvalue weighted by atomic mass is 16.3. The van der Waals surface area contributed by atoms with Crippen LogP contribution in [0.3, 0.4) is 0 Å². The molecule has 2 aliphatic heterocycles. The Kier molecular flexibility index (Phi) is 2.51. The van der Waals surface area contributed by atoms with Crippen molar-refractivity contribution < 1.29 is 9.90 Å². The van der Waals surface area contributed by atoms with Gasteiger partial charge >= 0.3 is 0 Å². The number of aliphatic hydroxyl groups excluding tert-OH is 1. The molecule has 1 amide bonds. The summed E-state index contributed by atoms with van der Waals surface area (Å²) in [7, 11) is 0. The average molecular weight is 184 g/mol. The fraction of sp³-hybridized carbons (Fsp3) is 0.889. The van der Waals surface area contributed by atoms with Crippen molar-refractivity contribution >= 4 is 5.91 Å². The Morgan fingerprint density at radius 3 is 2.85 bits per heavy atom. The first-order chi connectivity index (χ1) is 6.33. The zero-order valence-electron chi connectivity index (χ0n) is 7.70. The number of hydrogen-bond acceptors (Lipinski definition) is 3. The highest BCUT2D eigenvalue weighted by Crippen LogP contribution is 2.20. The molecule has 2 fully saturated rings. The smallest absolute Gasteiger partial charge is 0.228 e. The van der Waals surface area contributed by atoms with E-state index < -0.39 is 0 Å². The maximum atomic E-state index is 11.8. The summed E-state index contributed by atoms with van der Waals surface area (Å²) < 4.78 is 0. The third-order valence-electron chi connectivity index (χ3n) is 3.00. The van der Waals surface area contributed by atoms with Crippen LogP contribution in [0.4, 0.5) is 0 Å². The summed E-state index contributed by atoms with van der Waals surface area (Å²) in [6, 6.07) is 0.0908. The van der Waals surface area contributed by atoms with Crippen LogP contribution in [-0.2, 0) is 4.79 Å². The molecule has 0 aromatic carbocycles. The van der Waals surface area contributed by atoms with Gasteiger partial charge in [-0.05, 0) is 12.8 Å². The van der Waals surface area contributed by atoms with Gasteiger partial charge in [0.15, 0.2) is 0 Å². The molecule has 2 N–H and O–H groups in total. The van der Waals surface area contributed by atoms with Crippen molar-refractivity contribution in [3.63, 3.8) is 0 Å². The summed E-state index contributed by atoms with van der Waals surface area (Å²) in [5, 5.41) is 12.1. The van der Waals surface area contributed by atoms with Gasteiger partial charge in [-0.2, -0.15) is 0 Å². The number of likely N-dealkylation sites (tertiary alicyclic amines) is 1. The third-order valence-corrected chi connectivity index (χ3v) is 3.00. The minimum absolute atomic E-state index is 0.0908. The van der Waals surface area contributed by atoms with E-state index in [4.69, 9.17) is 5.11 Å². The minimum atomic E-state index is 0.0908. The van der Waals surface area contributed by atoms with E-state index in [0.717, 1.165) is 32.5 Å². The molecule has 0 aliphatic carbocycles. The van der Waals surface area contributed by atoms with E-state index in [0.29, 0.717) is 0 Å². The maximum absolute atomic E-state index is 11.8. The van der Waals surface area contributed by atoms with Crippen molar-refractivity contribution in [1.29, 1.82) is 0 Å². The second-order valence-corrected chi connectivity index (χ2v) is 3.87. The topological polar surface area (TPSA) is 52.6 Å². The number of hydrogen-bond donors (Lipinski definition) is 2. The van der Waals surface area contributed by atoms with E-state index in [2.05, 4.69) is 5.32 Å². The number of amides is 1. The van der Waals surface area contributed by atoms with Crippen LogP contribution in [0, 0.1) is 5.92 Å². The minimum Gasteiger partial charge on any atom is -0.394 e. The highest BCUT2D eigenvalue weighted by Gasteiger charge is 2.34. The van der Waals surface area contributed by atoms with Crippen molar-refractivity contribution in [3.05, 3.63) is 0 Å². The molecule has 0 spiro atoms. The number of nitrogens with one attached hydrogen (secondary N) is 1. The fourth-order valence-electron chi connectivity index (χ4n) is 2.01. The largest absolute Gasteiger partial charge is 0.394 e. The van der Waals surface area contributed by atoms with E-state index in [9.17, 15) is 4.79 Å². The number of aliphatic hydroxyl groups is 1. The van der Waals surface area contributed by atoms with E-state index >= 15 is 0 Å². The van der Waals surface area contributed by atoms with Gasteiger partial charge in [-0.1, -0.05) is 0 Å². The molecule has 0 aromatic heterocycles. The Morgan fingerprint density at radius 1 is 1.54 bits per heavy atom. The molecule has 4 heteroatoms. The number of carbonyl (C=O) groups is 1. The summed E-state index contributed by atoms with van der Waals surface area (Å²) in [6.45, 7) is 2.58. The molecule has 1 atom stereocenters. The predicted molar refractivity (Wildman–Crippen MR) is 48.2 cm³/mol. The van der Waals surface area contributed by atoms with Crippen LogP contribution in [-0.4, -0.2) is 48.2 Å². The summed E-state index contributed by atoms with van der Waals surface area (Å²) in [4.78, 5) is 13.6. The quantitative estimate of drug-likeness (QED) is 0.590. The Bertz CT molecular complexity index is 204. The lowest BCUT2D eigenvalue weighted by Crippen LogP contribution is -2.53. The fourth-order valence-corrected chi connectivity index (χ4v) is 2.01. The molecule has 4 nitrogen and oxygen atoms in total. The highest BCUT2D eigenvalue weighted by molar-refractivity contribution is 5.80. The van der Waals surface area contributed by atoms with Gasteiger partial charge in [0.2, 0.25) is 5.91 Å². The Hall–Kier alpha value is -0.610. The van der Waals surface area contributed by atoms with Crippen LogP contribution in [0.25, 0.3) is 0 Å². The Morgan fingerprint density at radius 2 is 2.31 bits per heavy atom. The van der Waals surface area contributed by atoms with Gasteiger partial charge in [0.1, 0.15) is 0 Å². The van der Waals surface area contributed by atoms with Gasteiger partial charge in [0, 0.05) is 19.6 Å². The first-order valence-electron chi connectivity index (χ1n) is 4.95. The van der Waals surface area contributed by atoms with Crippen molar-refractivity contribution in [2.24, 2.45) is 5.92 Å². The second-order valence-electron chi connectivity index (χ2n) is 3.87. The molecule has 2 saturated heterocycles. The monoisotopic (exact) mass is 184 g/mol. The van der Waals surface area contributed by atoms with Gasteiger partial charge in [-0.15, -0.1) is 0 Å². The van der Waals surface area contributed by atoms with Gasteiger partial charge < -0.3 is 15.3 Å². The van der Waals surface area contributed by atoms with Gasteiger partial charge in [0.05, 0.1) is 18.6 Å². The van der Waals surface area contributed by atoms with E-state index in [1.54, 1.807) is 0 Å². The molecule has 0 saturated carbocycles. The van der Waals surface area contributed by atoms with Crippen molar-refractivity contribution in [1.82, 2.24) is 10.2 Å². The molecule has 13 heavy (non-hydrogen) atoms.